The Bertz CT molecular complexity index is 715. The molecule has 1 N–H and O–H groups in total. The number of benzene rings is 3. The fourth-order valence-electron chi connectivity index (χ4n) is 1.88. The van der Waals surface area contributed by atoms with E-state index in [-0.39, 0.29) is 0 Å². The zero-order valence-corrected chi connectivity index (χ0v) is 11.5. The van der Waals surface area contributed by atoms with Crippen LogP contribution in [0.3, 0.4) is 0 Å². The Morgan fingerprint density at radius 1 is 0.667 bits per heavy atom. The molecule has 0 aliphatic heterocycles. The highest BCUT2D eigenvalue weighted by molar-refractivity contribution is 5.70. The maximum absolute atomic E-state index is 8.93. The van der Waals surface area contributed by atoms with Crippen LogP contribution in [-0.2, 0) is 0 Å². The van der Waals surface area contributed by atoms with Gasteiger partial charge in [0.25, 0.3) is 0 Å². The Balaban J connectivity index is 0.000000194. The molecule has 0 aromatic heterocycles. The van der Waals surface area contributed by atoms with E-state index in [9.17, 15) is 0 Å². The van der Waals surface area contributed by atoms with Crippen molar-refractivity contribution in [2.45, 2.75) is 0 Å². The lowest BCUT2D eigenvalue weighted by molar-refractivity contribution is 0.475. The first kappa shape index (κ1) is 14.4. The first-order valence-corrected chi connectivity index (χ1v) is 6.60. The summed E-state index contributed by atoms with van der Waals surface area (Å²) in [4.78, 5) is 0. The predicted octanol–water partition coefficient (Wildman–Crippen LogP) is 4.62. The van der Waals surface area contributed by atoms with E-state index in [4.69, 9.17) is 10.4 Å². The number of hydrogen-bond acceptors (Lipinski definition) is 2. The van der Waals surface area contributed by atoms with Crippen LogP contribution >= 0.6 is 0 Å². The van der Waals surface area contributed by atoms with Crippen LogP contribution in [0.4, 0.5) is 0 Å². The third kappa shape index (κ3) is 4.22. The Morgan fingerprint density at radius 2 is 1.19 bits per heavy atom. The zero-order valence-electron chi connectivity index (χ0n) is 11.5. The summed E-state index contributed by atoms with van der Waals surface area (Å²) in [6, 6.07) is 28.5. The lowest BCUT2D eigenvalue weighted by Gasteiger charge is -2.02. The smallest absolute Gasteiger partial charge is 0.115 e. The highest BCUT2D eigenvalue weighted by atomic mass is 16.3. The summed E-state index contributed by atoms with van der Waals surface area (Å²) in [6.07, 6.45) is 0. The van der Waals surface area contributed by atoms with E-state index in [2.05, 4.69) is 6.07 Å². The van der Waals surface area contributed by atoms with Crippen molar-refractivity contribution in [1.29, 1.82) is 5.26 Å². The lowest BCUT2D eigenvalue weighted by Crippen LogP contribution is -1.82. The quantitative estimate of drug-likeness (QED) is 0.703. The molecule has 102 valence electrons. The zero-order chi connectivity index (χ0) is 14.9. The second kappa shape index (κ2) is 7.52. The Labute approximate surface area is 124 Å². The molecule has 0 saturated heterocycles. The highest BCUT2D eigenvalue weighted by Crippen LogP contribution is 2.22. The van der Waals surface area contributed by atoms with Crippen LogP contribution in [0.25, 0.3) is 11.1 Å². The Morgan fingerprint density at radius 3 is 1.71 bits per heavy atom. The van der Waals surface area contributed by atoms with Gasteiger partial charge in [0.05, 0.1) is 11.6 Å². The molecule has 2 heteroatoms. The van der Waals surface area contributed by atoms with E-state index in [1.165, 1.54) is 0 Å². The molecule has 0 unspecified atom stereocenters. The van der Waals surface area contributed by atoms with Crippen molar-refractivity contribution in [3.05, 3.63) is 90.5 Å². The number of para-hydroxylation sites is 1. The molecule has 0 spiro atoms. The molecule has 0 fully saturated rings. The van der Waals surface area contributed by atoms with Crippen molar-refractivity contribution >= 4 is 0 Å². The molecule has 0 saturated carbocycles. The SMILES string of the molecule is N#Cc1ccccc1-c1ccccc1.Oc1ccccc1. The highest BCUT2D eigenvalue weighted by Gasteiger charge is 2.01. The Hall–Kier alpha value is -3.05. The van der Waals surface area contributed by atoms with E-state index in [0.29, 0.717) is 5.75 Å². The normalized spacial score (nSPS) is 9.10. The van der Waals surface area contributed by atoms with Crippen LogP contribution in [0.15, 0.2) is 84.9 Å². The minimum absolute atomic E-state index is 0.322. The average molecular weight is 273 g/mol. The van der Waals surface area contributed by atoms with Gasteiger partial charge in [0.1, 0.15) is 5.75 Å². The van der Waals surface area contributed by atoms with Gasteiger partial charge in [-0.05, 0) is 29.3 Å². The van der Waals surface area contributed by atoms with Crippen LogP contribution in [0.1, 0.15) is 5.56 Å². The fourth-order valence-corrected chi connectivity index (χ4v) is 1.88. The standard InChI is InChI=1S/C13H9N.C6H6O/c14-10-12-8-4-5-9-13(12)11-6-2-1-3-7-11;7-6-4-2-1-3-5-6/h1-9H;1-5,7H. The van der Waals surface area contributed by atoms with Crippen molar-refractivity contribution < 1.29 is 5.11 Å². The van der Waals surface area contributed by atoms with Crippen molar-refractivity contribution in [2.24, 2.45) is 0 Å². The molecule has 0 aliphatic carbocycles. The maximum Gasteiger partial charge on any atom is 0.115 e. The topological polar surface area (TPSA) is 44.0 Å². The number of rotatable bonds is 1. The van der Waals surface area contributed by atoms with Crippen LogP contribution in [0, 0.1) is 11.3 Å². The maximum atomic E-state index is 8.93. The second-order valence-electron chi connectivity index (χ2n) is 4.36. The molecule has 3 aromatic carbocycles. The van der Waals surface area contributed by atoms with Crippen LogP contribution in [0.2, 0.25) is 0 Å². The Kier molecular flexibility index (Phi) is 5.14. The van der Waals surface area contributed by atoms with Gasteiger partial charge in [-0.1, -0.05) is 66.7 Å². The van der Waals surface area contributed by atoms with Gasteiger partial charge in [-0.25, -0.2) is 0 Å². The van der Waals surface area contributed by atoms with E-state index in [0.717, 1.165) is 16.7 Å². The van der Waals surface area contributed by atoms with E-state index >= 15 is 0 Å². The van der Waals surface area contributed by atoms with Gasteiger partial charge in [0, 0.05) is 0 Å². The first-order valence-electron chi connectivity index (χ1n) is 6.60. The molecule has 0 radical (unpaired) electrons. The third-order valence-corrected chi connectivity index (χ3v) is 2.89. The molecule has 0 heterocycles. The first-order chi connectivity index (χ1) is 10.3. The van der Waals surface area contributed by atoms with Gasteiger partial charge >= 0.3 is 0 Å². The number of nitriles is 1. The molecule has 2 nitrogen and oxygen atoms in total. The van der Waals surface area contributed by atoms with Crippen molar-refractivity contribution in [1.82, 2.24) is 0 Å². The van der Waals surface area contributed by atoms with Crippen LogP contribution < -0.4 is 0 Å². The molecule has 0 amide bonds. The molecule has 3 aromatic rings. The summed E-state index contributed by atoms with van der Waals surface area (Å²) in [5, 5.41) is 17.6. The van der Waals surface area contributed by atoms with E-state index in [1.807, 2.05) is 60.7 Å². The third-order valence-electron chi connectivity index (χ3n) is 2.89. The minimum atomic E-state index is 0.322. The summed E-state index contributed by atoms with van der Waals surface area (Å²) in [6.45, 7) is 0. The summed E-state index contributed by atoms with van der Waals surface area (Å²) < 4.78 is 0. The largest absolute Gasteiger partial charge is 0.508 e. The van der Waals surface area contributed by atoms with Gasteiger partial charge in [0.2, 0.25) is 0 Å². The number of phenolic OH excluding ortho intramolecular Hbond substituents is 1. The van der Waals surface area contributed by atoms with Crippen LogP contribution in [0.5, 0.6) is 5.75 Å². The van der Waals surface area contributed by atoms with Crippen molar-refractivity contribution in [2.75, 3.05) is 0 Å². The molecule has 3 rings (SSSR count). The molecular weight excluding hydrogens is 258 g/mol. The van der Waals surface area contributed by atoms with Crippen molar-refractivity contribution in [3.8, 4) is 22.9 Å². The van der Waals surface area contributed by atoms with Gasteiger partial charge < -0.3 is 5.11 Å². The molecular formula is C19H15NO. The molecule has 0 atom stereocenters. The summed E-state index contributed by atoms with van der Waals surface area (Å²) in [7, 11) is 0. The minimum Gasteiger partial charge on any atom is -0.508 e. The monoisotopic (exact) mass is 273 g/mol. The molecule has 0 bridgehead atoms. The number of phenols is 1. The van der Waals surface area contributed by atoms with Gasteiger partial charge in [0.15, 0.2) is 0 Å². The average Bonchev–Trinajstić information content (AvgIpc) is 2.57. The second-order valence-corrected chi connectivity index (χ2v) is 4.36. The van der Waals surface area contributed by atoms with E-state index < -0.39 is 0 Å². The number of hydrogen-bond donors (Lipinski definition) is 1. The van der Waals surface area contributed by atoms with Crippen LogP contribution in [-0.4, -0.2) is 5.11 Å². The number of nitrogens with zero attached hydrogens (tertiary/aromatic N) is 1. The molecule has 0 aliphatic rings. The van der Waals surface area contributed by atoms with Gasteiger partial charge in [-0.2, -0.15) is 5.26 Å². The van der Waals surface area contributed by atoms with Gasteiger partial charge in [-0.15, -0.1) is 0 Å². The predicted molar refractivity (Wildman–Crippen MR) is 84.7 cm³/mol. The summed E-state index contributed by atoms with van der Waals surface area (Å²) in [5.41, 5.74) is 2.80. The van der Waals surface area contributed by atoms with E-state index in [1.54, 1.807) is 24.3 Å². The number of aromatic hydroxyl groups is 1. The van der Waals surface area contributed by atoms with Crippen molar-refractivity contribution in [3.63, 3.8) is 0 Å². The summed E-state index contributed by atoms with van der Waals surface area (Å²) in [5.74, 6) is 0.322. The van der Waals surface area contributed by atoms with Gasteiger partial charge in [-0.3, -0.25) is 0 Å². The lowest BCUT2D eigenvalue weighted by atomic mass is 10.0. The molecule has 21 heavy (non-hydrogen) atoms. The fraction of sp³-hybridized carbons (Fsp3) is 0. The summed E-state index contributed by atoms with van der Waals surface area (Å²) >= 11 is 0.